The predicted molar refractivity (Wildman–Crippen MR) is 85.7 cm³/mol. The third kappa shape index (κ3) is 1.45. The fraction of sp³-hybridized carbons (Fsp3) is 0.632. The zero-order valence-electron chi connectivity index (χ0n) is 12.9. The normalized spacial score (nSPS) is 34.4. The van der Waals surface area contributed by atoms with Crippen LogP contribution in [0.4, 0.5) is 5.69 Å². The monoisotopic (exact) mass is 297 g/mol. The van der Waals surface area contributed by atoms with E-state index < -0.39 is 5.97 Å². The fourth-order valence-electron chi connectivity index (χ4n) is 6.17. The Bertz CT molecular complexity index is 677. The highest BCUT2D eigenvalue weighted by atomic mass is 16.4. The smallest absolute Gasteiger partial charge is 0.338 e. The van der Waals surface area contributed by atoms with Gasteiger partial charge in [-0.1, -0.05) is 0 Å². The van der Waals surface area contributed by atoms with Crippen molar-refractivity contribution in [3.63, 3.8) is 0 Å². The SMILES string of the molecule is Nc1c(C(=O)O)c2c(c3c1C1CCC3CC1)C1CCC2CC1. The number of carbonyl (C=O) groups is 1. The molecule has 0 spiro atoms. The second-order valence-electron chi connectivity index (χ2n) is 7.85. The van der Waals surface area contributed by atoms with Gasteiger partial charge in [0.25, 0.3) is 0 Å². The van der Waals surface area contributed by atoms with Crippen molar-refractivity contribution in [3.8, 4) is 0 Å². The van der Waals surface area contributed by atoms with Gasteiger partial charge in [0.2, 0.25) is 0 Å². The van der Waals surface area contributed by atoms with Gasteiger partial charge in [0.15, 0.2) is 0 Å². The van der Waals surface area contributed by atoms with Crippen LogP contribution in [-0.4, -0.2) is 11.1 Å². The molecule has 1 aromatic rings. The Kier molecular flexibility index (Phi) is 2.52. The van der Waals surface area contributed by atoms with Crippen LogP contribution in [0.1, 0.15) is 108 Å². The van der Waals surface area contributed by atoms with E-state index in [0.29, 0.717) is 34.9 Å². The minimum atomic E-state index is -0.800. The number of aromatic carboxylic acids is 1. The van der Waals surface area contributed by atoms with Crippen molar-refractivity contribution in [2.45, 2.75) is 75.0 Å². The zero-order valence-corrected chi connectivity index (χ0v) is 12.9. The number of hydrogen-bond donors (Lipinski definition) is 2. The highest BCUT2D eigenvalue weighted by Gasteiger charge is 2.45. The molecule has 0 aromatic heterocycles. The van der Waals surface area contributed by atoms with Crippen LogP contribution >= 0.6 is 0 Å². The Morgan fingerprint density at radius 1 is 0.727 bits per heavy atom. The second kappa shape index (κ2) is 4.27. The molecule has 0 saturated heterocycles. The molecule has 0 radical (unpaired) electrons. The lowest BCUT2D eigenvalue weighted by atomic mass is 9.57. The number of carboxylic acids is 1. The molecule has 0 aliphatic heterocycles. The first-order valence-corrected chi connectivity index (χ1v) is 8.89. The maximum atomic E-state index is 12.0. The first-order chi connectivity index (χ1) is 10.7. The van der Waals surface area contributed by atoms with E-state index in [-0.39, 0.29) is 0 Å². The molecule has 0 amide bonds. The summed E-state index contributed by atoms with van der Waals surface area (Å²) in [6.45, 7) is 0. The molecular formula is C19H23NO2. The van der Waals surface area contributed by atoms with Gasteiger partial charge < -0.3 is 10.8 Å². The molecule has 6 aliphatic carbocycles. The van der Waals surface area contributed by atoms with E-state index in [0.717, 1.165) is 18.4 Å². The highest BCUT2D eigenvalue weighted by Crippen LogP contribution is 2.60. The highest BCUT2D eigenvalue weighted by molar-refractivity contribution is 5.98. The lowest BCUT2D eigenvalue weighted by Crippen LogP contribution is -2.33. The number of fused-ring (bicyclic) bond motifs is 4. The third-order valence-electron chi connectivity index (χ3n) is 7.00. The topological polar surface area (TPSA) is 63.3 Å². The van der Waals surface area contributed by atoms with Gasteiger partial charge in [0.1, 0.15) is 0 Å². The van der Waals surface area contributed by atoms with Crippen molar-refractivity contribution in [3.05, 3.63) is 27.8 Å². The summed E-state index contributed by atoms with van der Waals surface area (Å²) >= 11 is 0. The Morgan fingerprint density at radius 2 is 1.09 bits per heavy atom. The Balaban J connectivity index is 1.89. The van der Waals surface area contributed by atoms with E-state index in [1.807, 2.05) is 0 Å². The van der Waals surface area contributed by atoms with Crippen LogP contribution in [0.2, 0.25) is 0 Å². The van der Waals surface area contributed by atoms with Gasteiger partial charge in [-0.05, 0) is 97.3 Å². The number of anilines is 1. The molecule has 116 valence electrons. The molecule has 0 atom stereocenters. The van der Waals surface area contributed by atoms with Crippen LogP contribution in [0, 0.1) is 0 Å². The summed E-state index contributed by atoms with van der Waals surface area (Å²) in [5.41, 5.74) is 13.0. The number of hydrogen-bond acceptors (Lipinski definition) is 2. The minimum absolute atomic E-state index is 0.444. The predicted octanol–water partition coefficient (Wildman–Crippen LogP) is 4.48. The summed E-state index contributed by atoms with van der Waals surface area (Å²) < 4.78 is 0. The van der Waals surface area contributed by atoms with E-state index in [2.05, 4.69) is 0 Å². The third-order valence-corrected chi connectivity index (χ3v) is 7.00. The van der Waals surface area contributed by atoms with E-state index in [1.54, 1.807) is 0 Å². The van der Waals surface area contributed by atoms with Crippen molar-refractivity contribution >= 4 is 11.7 Å². The van der Waals surface area contributed by atoms with Crippen LogP contribution in [0.3, 0.4) is 0 Å². The van der Waals surface area contributed by atoms with Crippen molar-refractivity contribution in [1.29, 1.82) is 0 Å². The lowest BCUT2D eigenvalue weighted by Gasteiger charge is -2.47. The standard InChI is InChI=1S/C19H23NO2/c20-18-16-12-7-5-10(6-8-12)14(16)13-9-1-3-11(4-2-9)15(13)17(18)19(21)22/h9-12H,1-8,20H2,(H,21,22). The first-order valence-electron chi connectivity index (χ1n) is 8.89. The fourth-order valence-corrected chi connectivity index (χ4v) is 6.17. The summed E-state index contributed by atoms with van der Waals surface area (Å²) in [7, 11) is 0. The van der Waals surface area contributed by atoms with Crippen molar-refractivity contribution in [1.82, 2.24) is 0 Å². The van der Waals surface area contributed by atoms with Crippen molar-refractivity contribution < 1.29 is 9.90 Å². The summed E-state index contributed by atoms with van der Waals surface area (Å²) in [5.74, 6) is 1.42. The summed E-state index contributed by atoms with van der Waals surface area (Å²) in [4.78, 5) is 12.0. The molecule has 22 heavy (non-hydrogen) atoms. The molecule has 2 fully saturated rings. The minimum Gasteiger partial charge on any atom is -0.478 e. The Labute approximate surface area is 130 Å². The summed E-state index contributed by atoms with van der Waals surface area (Å²) in [6.07, 6.45) is 9.80. The van der Waals surface area contributed by atoms with Gasteiger partial charge in [-0.3, -0.25) is 0 Å². The average molecular weight is 297 g/mol. The molecule has 0 heterocycles. The summed E-state index contributed by atoms with van der Waals surface area (Å²) in [5, 5.41) is 9.84. The average Bonchev–Trinajstić information content (AvgIpc) is 2.56. The molecule has 4 bridgehead atoms. The molecule has 7 rings (SSSR count). The van der Waals surface area contributed by atoms with Gasteiger partial charge in [-0.25, -0.2) is 4.79 Å². The number of carboxylic acid groups (broad SMARTS) is 1. The van der Waals surface area contributed by atoms with Gasteiger partial charge in [-0.15, -0.1) is 0 Å². The molecule has 1 aromatic carbocycles. The Hall–Kier alpha value is -1.51. The molecule has 3 nitrogen and oxygen atoms in total. The lowest BCUT2D eigenvalue weighted by molar-refractivity contribution is 0.0694. The zero-order chi connectivity index (χ0) is 15.0. The molecule has 0 unspecified atom stereocenters. The number of benzene rings is 1. The van der Waals surface area contributed by atoms with Crippen LogP contribution in [-0.2, 0) is 0 Å². The molecule has 6 aliphatic rings. The molecule has 3 heteroatoms. The van der Waals surface area contributed by atoms with Gasteiger partial charge in [-0.2, -0.15) is 0 Å². The van der Waals surface area contributed by atoms with E-state index >= 15 is 0 Å². The van der Waals surface area contributed by atoms with Crippen LogP contribution in [0.5, 0.6) is 0 Å². The van der Waals surface area contributed by atoms with Crippen LogP contribution in [0.25, 0.3) is 0 Å². The van der Waals surface area contributed by atoms with Crippen molar-refractivity contribution in [2.75, 3.05) is 5.73 Å². The van der Waals surface area contributed by atoms with E-state index in [1.165, 1.54) is 55.2 Å². The number of rotatable bonds is 1. The second-order valence-corrected chi connectivity index (χ2v) is 7.85. The largest absolute Gasteiger partial charge is 0.478 e. The van der Waals surface area contributed by atoms with Gasteiger partial charge in [0, 0.05) is 0 Å². The van der Waals surface area contributed by atoms with Crippen molar-refractivity contribution in [2.24, 2.45) is 0 Å². The van der Waals surface area contributed by atoms with Crippen LogP contribution in [0.15, 0.2) is 0 Å². The molecule has 2 saturated carbocycles. The number of nitrogens with two attached hydrogens (primary N) is 1. The first kappa shape index (κ1) is 13.0. The quantitative estimate of drug-likeness (QED) is 0.751. The van der Waals surface area contributed by atoms with Crippen LogP contribution < -0.4 is 5.73 Å². The maximum Gasteiger partial charge on any atom is 0.338 e. The Morgan fingerprint density at radius 3 is 1.55 bits per heavy atom. The van der Waals surface area contributed by atoms with E-state index in [4.69, 9.17) is 5.73 Å². The van der Waals surface area contributed by atoms with E-state index in [9.17, 15) is 9.90 Å². The summed E-state index contributed by atoms with van der Waals surface area (Å²) in [6, 6.07) is 0. The molecular weight excluding hydrogens is 274 g/mol. The molecule has 3 N–H and O–H groups in total. The van der Waals surface area contributed by atoms with Gasteiger partial charge >= 0.3 is 5.97 Å². The number of nitrogen functional groups attached to an aromatic ring is 1. The van der Waals surface area contributed by atoms with Gasteiger partial charge in [0.05, 0.1) is 11.3 Å². The maximum absolute atomic E-state index is 12.0.